The number of amides is 1. The van der Waals surface area contributed by atoms with Crippen molar-refractivity contribution < 1.29 is 14.7 Å². The number of carbonyl (C=O) groups is 2. The Morgan fingerprint density at radius 2 is 1.59 bits per heavy atom. The molecular weight excluding hydrogens is 490 g/mol. The zero-order valence-corrected chi connectivity index (χ0v) is 22.2. The van der Waals surface area contributed by atoms with E-state index in [-0.39, 0.29) is 22.8 Å². The van der Waals surface area contributed by atoms with Crippen LogP contribution in [0.1, 0.15) is 52.6 Å². The lowest BCUT2D eigenvalue weighted by Gasteiger charge is -2.19. The van der Waals surface area contributed by atoms with Gasteiger partial charge in [-0.1, -0.05) is 57.2 Å². The van der Waals surface area contributed by atoms with E-state index >= 15 is 0 Å². The number of hydrogen-bond donors (Lipinski definition) is 4. The van der Waals surface area contributed by atoms with E-state index in [1.54, 1.807) is 24.3 Å². The van der Waals surface area contributed by atoms with Gasteiger partial charge in [-0.05, 0) is 65.4 Å². The van der Waals surface area contributed by atoms with E-state index in [1.807, 2.05) is 55.5 Å². The van der Waals surface area contributed by atoms with Crippen LogP contribution in [-0.4, -0.2) is 31.9 Å². The highest BCUT2D eigenvalue weighted by atomic mass is 16.4. The Hall–Kier alpha value is -4.98. The fourth-order valence-electron chi connectivity index (χ4n) is 4.52. The molecule has 0 unspecified atom stereocenters. The fraction of sp³-hybridized carbons (Fsp3) is 0.161. The number of carbonyl (C=O) groups excluding carboxylic acids is 1. The van der Waals surface area contributed by atoms with E-state index in [9.17, 15) is 14.7 Å². The Morgan fingerprint density at radius 3 is 2.23 bits per heavy atom. The van der Waals surface area contributed by atoms with Crippen molar-refractivity contribution in [1.29, 1.82) is 0 Å². The second kappa shape index (κ2) is 9.72. The van der Waals surface area contributed by atoms with Crippen molar-refractivity contribution in [3.63, 3.8) is 0 Å². The van der Waals surface area contributed by atoms with Crippen molar-refractivity contribution in [2.45, 2.75) is 33.1 Å². The van der Waals surface area contributed by atoms with Gasteiger partial charge in [0.25, 0.3) is 5.91 Å². The monoisotopic (exact) mass is 519 g/mol. The van der Waals surface area contributed by atoms with Gasteiger partial charge < -0.3 is 21.1 Å². The predicted octanol–water partition coefficient (Wildman–Crippen LogP) is 6.43. The summed E-state index contributed by atoms with van der Waals surface area (Å²) in [5.74, 6) is -1.07. The highest BCUT2D eigenvalue weighted by Crippen LogP contribution is 2.35. The summed E-state index contributed by atoms with van der Waals surface area (Å²) < 4.78 is 0. The molecule has 8 heteroatoms. The van der Waals surface area contributed by atoms with Gasteiger partial charge in [-0.2, -0.15) is 4.98 Å². The van der Waals surface area contributed by atoms with E-state index in [4.69, 9.17) is 5.73 Å². The van der Waals surface area contributed by atoms with E-state index in [2.05, 4.69) is 41.0 Å². The van der Waals surface area contributed by atoms with Gasteiger partial charge in [-0.3, -0.25) is 4.79 Å². The molecule has 39 heavy (non-hydrogen) atoms. The topological polar surface area (TPSA) is 134 Å². The van der Waals surface area contributed by atoms with Gasteiger partial charge in [0.1, 0.15) is 5.65 Å². The number of aromatic nitrogens is 3. The number of H-pyrrole nitrogens is 1. The number of nitrogens with zero attached hydrogens (tertiary/aromatic N) is 2. The first-order valence-corrected chi connectivity index (χ1v) is 12.5. The molecule has 0 fully saturated rings. The number of hydrogen-bond acceptors (Lipinski definition) is 5. The van der Waals surface area contributed by atoms with Crippen LogP contribution < -0.4 is 11.1 Å². The van der Waals surface area contributed by atoms with Crippen molar-refractivity contribution in [3.05, 3.63) is 95.1 Å². The third-order valence-electron chi connectivity index (χ3n) is 6.80. The van der Waals surface area contributed by atoms with Crippen LogP contribution in [0.3, 0.4) is 0 Å². The first-order chi connectivity index (χ1) is 18.5. The van der Waals surface area contributed by atoms with Crippen molar-refractivity contribution in [2.75, 3.05) is 11.1 Å². The number of carboxylic acids is 1. The maximum absolute atomic E-state index is 13.1. The molecule has 5 aromatic rings. The summed E-state index contributed by atoms with van der Waals surface area (Å²) in [7, 11) is 0. The minimum absolute atomic E-state index is 0.00463. The Labute approximate surface area is 225 Å². The lowest BCUT2D eigenvalue weighted by molar-refractivity contribution is 0.0696. The van der Waals surface area contributed by atoms with Gasteiger partial charge >= 0.3 is 5.97 Å². The molecule has 0 spiro atoms. The number of nitrogens with one attached hydrogen (secondary N) is 2. The zero-order chi connectivity index (χ0) is 27.9. The Kier molecular flexibility index (Phi) is 6.39. The van der Waals surface area contributed by atoms with Crippen LogP contribution in [0.5, 0.6) is 0 Å². The Bertz CT molecular complexity index is 1710. The van der Waals surface area contributed by atoms with Crippen LogP contribution in [0.2, 0.25) is 0 Å². The molecule has 3 aromatic carbocycles. The summed E-state index contributed by atoms with van der Waals surface area (Å²) in [6.45, 7) is 8.33. The van der Waals surface area contributed by atoms with Crippen molar-refractivity contribution in [2.24, 2.45) is 0 Å². The summed E-state index contributed by atoms with van der Waals surface area (Å²) in [5.41, 5.74) is 13.1. The molecular formula is C31H29N5O3. The molecule has 0 aliphatic heterocycles. The van der Waals surface area contributed by atoms with E-state index in [0.717, 1.165) is 33.3 Å². The second-order valence-corrected chi connectivity index (χ2v) is 10.5. The average Bonchev–Trinajstić information content (AvgIpc) is 3.33. The normalized spacial score (nSPS) is 11.5. The van der Waals surface area contributed by atoms with Crippen LogP contribution in [0.25, 0.3) is 33.5 Å². The maximum Gasteiger partial charge on any atom is 0.335 e. The molecule has 0 saturated carbocycles. The number of fused-ring (bicyclic) bond motifs is 1. The molecule has 8 nitrogen and oxygen atoms in total. The molecule has 0 saturated heterocycles. The number of anilines is 2. The molecule has 5 N–H and O–H groups in total. The SMILES string of the molecule is Cc1c(NC(=O)c2ccc(C(C)(C)C)cc2)cccc1-c1nc(N)nc2[nH]c(-c3ccc(C(=O)O)cc3)cc12. The summed E-state index contributed by atoms with van der Waals surface area (Å²) in [4.78, 5) is 36.5. The molecule has 2 heterocycles. The third kappa shape index (κ3) is 5.09. The predicted molar refractivity (Wildman–Crippen MR) is 154 cm³/mol. The smallest absolute Gasteiger partial charge is 0.335 e. The van der Waals surface area contributed by atoms with Crippen LogP contribution in [0, 0.1) is 6.92 Å². The largest absolute Gasteiger partial charge is 0.478 e. The lowest BCUT2D eigenvalue weighted by Crippen LogP contribution is -2.15. The first-order valence-electron chi connectivity index (χ1n) is 12.5. The minimum atomic E-state index is -0.983. The van der Waals surface area contributed by atoms with Gasteiger partial charge in [0.15, 0.2) is 0 Å². The number of nitrogen functional groups attached to an aromatic ring is 1. The Morgan fingerprint density at radius 1 is 0.923 bits per heavy atom. The summed E-state index contributed by atoms with van der Waals surface area (Å²) in [6, 6.07) is 21.8. The first kappa shape index (κ1) is 25.7. The van der Waals surface area contributed by atoms with Gasteiger partial charge in [0, 0.05) is 27.9 Å². The quantitative estimate of drug-likeness (QED) is 0.211. The number of benzene rings is 3. The molecule has 0 bridgehead atoms. The van der Waals surface area contributed by atoms with Crippen LogP contribution >= 0.6 is 0 Å². The zero-order valence-electron chi connectivity index (χ0n) is 22.2. The fourth-order valence-corrected chi connectivity index (χ4v) is 4.52. The van der Waals surface area contributed by atoms with Crippen molar-refractivity contribution in [3.8, 4) is 22.5 Å². The van der Waals surface area contributed by atoms with E-state index in [0.29, 0.717) is 22.6 Å². The van der Waals surface area contributed by atoms with Crippen molar-refractivity contribution in [1.82, 2.24) is 15.0 Å². The third-order valence-corrected chi connectivity index (χ3v) is 6.80. The Balaban J connectivity index is 1.50. The van der Waals surface area contributed by atoms with E-state index in [1.165, 1.54) is 0 Å². The number of aromatic carboxylic acids is 1. The highest BCUT2D eigenvalue weighted by Gasteiger charge is 2.18. The summed E-state index contributed by atoms with van der Waals surface area (Å²) >= 11 is 0. The number of aromatic amines is 1. The molecule has 196 valence electrons. The molecule has 1 amide bonds. The van der Waals surface area contributed by atoms with Crippen LogP contribution in [0.4, 0.5) is 11.6 Å². The molecule has 0 atom stereocenters. The molecule has 0 aliphatic carbocycles. The number of carboxylic acid groups (broad SMARTS) is 1. The summed E-state index contributed by atoms with van der Waals surface area (Å²) in [5, 5.41) is 13.0. The van der Waals surface area contributed by atoms with Gasteiger partial charge in [-0.15, -0.1) is 0 Å². The number of rotatable bonds is 5. The standard InChI is InChI=1S/C31H29N5O3/c1-17-22(6-5-7-24(17)34-28(37)19-12-14-21(15-13-19)31(2,3)4)26-23-16-25(33-27(23)36-30(32)35-26)18-8-10-20(11-9-18)29(38)39/h5-16H,1-4H3,(H,34,37)(H,38,39)(H3,32,33,35,36). The molecule has 2 aromatic heterocycles. The highest BCUT2D eigenvalue weighted by molar-refractivity contribution is 6.05. The summed E-state index contributed by atoms with van der Waals surface area (Å²) in [6.07, 6.45) is 0. The molecule has 0 aliphatic rings. The number of nitrogens with two attached hydrogens (primary N) is 1. The molecule has 5 rings (SSSR count). The average molecular weight is 520 g/mol. The molecule has 0 radical (unpaired) electrons. The van der Waals surface area contributed by atoms with Crippen LogP contribution in [-0.2, 0) is 5.41 Å². The maximum atomic E-state index is 13.1. The van der Waals surface area contributed by atoms with Gasteiger partial charge in [0.2, 0.25) is 5.95 Å². The van der Waals surface area contributed by atoms with Gasteiger partial charge in [0.05, 0.1) is 11.3 Å². The van der Waals surface area contributed by atoms with Gasteiger partial charge in [-0.25, -0.2) is 9.78 Å². The van der Waals surface area contributed by atoms with Crippen molar-refractivity contribution >= 4 is 34.5 Å². The minimum Gasteiger partial charge on any atom is -0.478 e. The van der Waals surface area contributed by atoms with E-state index < -0.39 is 5.97 Å². The van der Waals surface area contributed by atoms with Crippen LogP contribution in [0.15, 0.2) is 72.8 Å². The second-order valence-electron chi connectivity index (χ2n) is 10.5. The lowest BCUT2D eigenvalue weighted by atomic mass is 9.86.